The first kappa shape index (κ1) is 14.5. The van der Waals surface area contributed by atoms with E-state index in [2.05, 4.69) is 0 Å². The van der Waals surface area contributed by atoms with Gasteiger partial charge in [0.2, 0.25) is 0 Å². The molecule has 1 rings (SSSR count). The van der Waals surface area contributed by atoms with E-state index in [1.165, 1.54) is 13.2 Å². The highest BCUT2D eigenvalue weighted by Crippen LogP contribution is 2.24. The number of halogens is 1. The molecule has 0 amide bonds. The second kappa shape index (κ2) is 6.38. The summed E-state index contributed by atoms with van der Waals surface area (Å²) in [5, 5.41) is 8.85. The molecule has 0 spiro atoms. The molecule has 1 aromatic rings. The second-order valence-corrected chi connectivity index (χ2v) is 4.77. The number of aliphatic carboxylic acids is 1. The lowest BCUT2D eigenvalue weighted by molar-refractivity contribution is -0.138. The van der Waals surface area contributed by atoms with E-state index in [1.54, 1.807) is 12.1 Å². The van der Waals surface area contributed by atoms with Crippen LogP contribution in [0, 0.1) is 17.7 Å². The van der Waals surface area contributed by atoms with Gasteiger partial charge in [-0.3, -0.25) is 4.79 Å². The third-order valence-electron chi connectivity index (χ3n) is 3.09. The fourth-order valence-corrected chi connectivity index (χ4v) is 1.91. The summed E-state index contributed by atoms with van der Waals surface area (Å²) in [6, 6.07) is 4.76. The molecule has 0 heterocycles. The van der Waals surface area contributed by atoms with E-state index in [1.807, 2.05) is 13.8 Å². The number of methoxy groups -OCH3 is 1. The van der Waals surface area contributed by atoms with Crippen LogP contribution in [0.3, 0.4) is 0 Å². The zero-order valence-corrected chi connectivity index (χ0v) is 10.9. The zero-order chi connectivity index (χ0) is 13.7. The number of carboxylic acids is 1. The van der Waals surface area contributed by atoms with Gasteiger partial charge in [0, 0.05) is 6.42 Å². The molecule has 0 saturated heterocycles. The maximum atomic E-state index is 13.5. The molecule has 100 valence electrons. The fourth-order valence-electron chi connectivity index (χ4n) is 1.91. The summed E-state index contributed by atoms with van der Waals surface area (Å²) in [7, 11) is 1.42. The van der Waals surface area contributed by atoms with Crippen LogP contribution in [0.2, 0.25) is 0 Å². The van der Waals surface area contributed by atoms with Crippen LogP contribution >= 0.6 is 0 Å². The van der Waals surface area contributed by atoms with E-state index in [0.29, 0.717) is 6.42 Å². The van der Waals surface area contributed by atoms with Crippen molar-refractivity contribution in [1.82, 2.24) is 0 Å². The smallest absolute Gasteiger partial charge is 0.303 e. The summed E-state index contributed by atoms with van der Waals surface area (Å²) < 4.78 is 18.4. The molecule has 1 aromatic carbocycles. The van der Waals surface area contributed by atoms with Gasteiger partial charge in [-0.1, -0.05) is 19.9 Å². The van der Waals surface area contributed by atoms with E-state index < -0.39 is 11.8 Å². The highest BCUT2D eigenvalue weighted by Gasteiger charge is 2.18. The Morgan fingerprint density at radius 2 is 2.11 bits per heavy atom. The molecule has 0 aliphatic carbocycles. The average Bonchev–Trinajstić information content (AvgIpc) is 2.27. The molecule has 0 saturated carbocycles. The summed E-state index contributed by atoms with van der Waals surface area (Å²) in [5.74, 6) is -0.768. The monoisotopic (exact) mass is 254 g/mol. The summed E-state index contributed by atoms with van der Waals surface area (Å²) in [6.45, 7) is 3.96. The van der Waals surface area contributed by atoms with Crippen molar-refractivity contribution in [2.24, 2.45) is 11.8 Å². The Kier molecular flexibility index (Phi) is 5.13. The Morgan fingerprint density at radius 1 is 1.44 bits per heavy atom. The number of ether oxygens (including phenoxy) is 1. The van der Waals surface area contributed by atoms with Crippen molar-refractivity contribution >= 4 is 5.97 Å². The molecular weight excluding hydrogens is 235 g/mol. The maximum absolute atomic E-state index is 13.5. The minimum atomic E-state index is -0.817. The molecule has 0 fully saturated rings. The molecule has 0 bridgehead atoms. The van der Waals surface area contributed by atoms with Gasteiger partial charge in [-0.05, 0) is 36.0 Å². The van der Waals surface area contributed by atoms with Crippen LogP contribution in [-0.4, -0.2) is 18.2 Å². The lowest BCUT2D eigenvalue weighted by atomic mass is 9.86. The highest BCUT2D eigenvalue weighted by atomic mass is 19.1. The van der Waals surface area contributed by atoms with Crippen molar-refractivity contribution in [3.63, 3.8) is 0 Å². The Labute approximate surface area is 107 Å². The number of benzene rings is 1. The minimum absolute atomic E-state index is 0.00953. The molecule has 1 atom stereocenters. The van der Waals surface area contributed by atoms with Gasteiger partial charge in [-0.2, -0.15) is 0 Å². The van der Waals surface area contributed by atoms with Crippen molar-refractivity contribution in [1.29, 1.82) is 0 Å². The van der Waals surface area contributed by atoms with Gasteiger partial charge in [0.05, 0.1) is 7.11 Å². The zero-order valence-electron chi connectivity index (χ0n) is 10.9. The van der Waals surface area contributed by atoms with Gasteiger partial charge in [0.1, 0.15) is 0 Å². The van der Waals surface area contributed by atoms with E-state index in [9.17, 15) is 9.18 Å². The molecule has 1 unspecified atom stereocenters. The fraction of sp³-hybridized carbons (Fsp3) is 0.500. The Balaban J connectivity index is 2.80. The standard InChI is InChI=1S/C14H19FO3/c1-9(2)11(8-14(16)17)6-10-4-5-13(18-3)12(15)7-10/h4-5,7,9,11H,6,8H2,1-3H3,(H,16,17). The minimum Gasteiger partial charge on any atom is -0.494 e. The highest BCUT2D eigenvalue weighted by molar-refractivity contribution is 5.67. The second-order valence-electron chi connectivity index (χ2n) is 4.77. The summed E-state index contributed by atoms with van der Waals surface area (Å²) in [4.78, 5) is 10.8. The molecule has 0 aliphatic heterocycles. The van der Waals surface area contributed by atoms with Crippen LogP contribution in [0.15, 0.2) is 18.2 Å². The largest absolute Gasteiger partial charge is 0.494 e. The van der Waals surface area contributed by atoms with Gasteiger partial charge in [0.25, 0.3) is 0 Å². The molecule has 0 aliphatic rings. The molecule has 18 heavy (non-hydrogen) atoms. The van der Waals surface area contributed by atoms with Crippen LogP contribution < -0.4 is 4.74 Å². The summed E-state index contributed by atoms with van der Waals surface area (Å²) >= 11 is 0. The van der Waals surface area contributed by atoms with Crippen molar-refractivity contribution in [3.8, 4) is 5.75 Å². The van der Waals surface area contributed by atoms with Crippen LogP contribution in [0.1, 0.15) is 25.8 Å². The predicted molar refractivity (Wildman–Crippen MR) is 67.2 cm³/mol. The molecule has 1 N–H and O–H groups in total. The number of carboxylic acid groups (broad SMARTS) is 1. The van der Waals surface area contributed by atoms with Crippen LogP contribution in [0.5, 0.6) is 5.75 Å². The van der Waals surface area contributed by atoms with Gasteiger partial charge in [-0.15, -0.1) is 0 Å². The molecular formula is C14H19FO3. The normalized spacial score (nSPS) is 12.5. The first-order valence-electron chi connectivity index (χ1n) is 5.98. The Hall–Kier alpha value is -1.58. The number of hydrogen-bond donors (Lipinski definition) is 1. The van der Waals surface area contributed by atoms with E-state index in [4.69, 9.17) is 9.84 Å². The topological polar surface area (TPSA) is 46.5 Å². The van der Waals surface area contributed by atoms with Gasteiger partial charge in [-0.25, -0.2) is 4.39 Å². The summed E-state index contributed by atoms with van der Waals surface area (Å²) in [5.41, 5.74) is 0.799. The lowest BCUT2D eigenvalue weighted by Crippen LogP contribution is -2.16. The molecule has 0 aromatic heterocycles. The van der Waals surface area contributed by atoms with Crippen molar-refractivity contribution in [2.45, 2.75) is 26.7 Å². The maximum Gasteiger partial charge on any atom is 0.303 e. The molecule has 3 nitrogen and oxygen atoms in total. The Bertz CT molecular complexity index is 416. The quantitative estimate of drug-likeness (QED) is 0.848. The van der Waals surface area contributed by atoms with E-state index in [0.717, 1.165) is 5.56 Å². The van der Waals surface area contributed by atoms with Crippen LogP contribution in [0.4, 0.5) is 4.39 Å². The van der Waals surface area contributed by atoms with Crippen molar-refractivity contribution in [2.75, 3.05) is 7.11 Å². The molecule has 4 heteroatoms. The van der Waals surface area contributed by atoms with Gasteiger partial charge < -0.3 is 9.84 Å². The number of hydrogen-bond acceptors (Lipinski definition) is 2. The average molecular weight is 254 g/mol. The first-order chi connectivity index (χ1) is 8.43. The predicted octanol–water partition coefficient (Wildman–Crippen LogP) is 3.12. The number of carbonyl (C=O) groups is 1. The van der Waals surface area contributed by atoms with E-state index >= 15 is 0 Å². The SMILES string of the molecule is COc1ccc(CC(CC(=O)O)C(C)C)cc1F. The summed E-state index contributed by atoms with van der Waals surface area (Å²) in [6.07, 6.45) is 0.663. The number of rotatable bonds is 6. The van der Waals surface area contributed by atoms with Crippen LogP contribution in [-0.2, 0) is 11.2 Å². The Morgan fingerprint density at radius 3 is 2.56 bits per heavy atom. The van der Waals surface area contributed by atoms with Gasteiger partial charge >= 0.3 is 5.97 Å². The lowest BCUT2D eigenvalue weighted by Gasteiger charge is -2.19. The van der Waals surface area contributed by atoms with Gasteiger partial charge in [0.15, 0.2) is 11.6 Å². The van der Waals surface area contributed by atoms with Crippen molar-refractivity contribution in [3.05, 3.63) is 29.6 Å². The first-order valence-corrected chi connectivity index (χ1v) is 5.98. The molecule has 0 radical (unpaired) electrons. The third-order valence-corrected chi connectivity index (χ3v) is 3.09. The third kappa shape index (κ3) is 4.02. The van der Waals surface area contributed by atoms with E-state index in [-0.39, 0.29) is 24.0 Å². The van der Waals surface area contributed by atoms with Crippen LogP contribution in [0.25, 0.3) is 0 Å². The van der Waals surface area contributed by atoms with Crippen molar-refractivity contribution < 1.29 is 19.0 Å².